The number of carbonyl (C=O) groups is 3. The third kappa shape index (κ3) is 2.58. The molecule has 2 spiro atoms. The molecule has 0 bridgehead atoms. The minimum atomic E-state index is -1.69. The zero-order valence-electron chi connectivity index (χ0n) is 22.5. The minimum Gasteiger partial charge on any atom is -0.293 e. The molecule has 0 N–H and O–H groups in total. The molecule has 9 rings (SSSR count). The number of hydrogen-bond acceptors (Lipinski definition) is 4. The molecule has 0 saturated carbocycles. The second kappa shape index (κ2) is 8.13. The lowest BCUT2D eigenvalue weighted by Crippen LogP contribution is -2.60. The number of Topliss-reactive ketones (excluding diaryl/α,β-unsaturated/α-hetero) is 3. The average Bonchev–Trinajstić information content (AvgIpc) is 3.53. The SMILES string of the molecule is O=C1c2ccccc2C(=O)C12C(c1ccc(Cl)cc1)C1Cc3ccccc3CN1C21C(=O)c2cccc3cccc1c23. The number of fused-ring (bicyclic) bond motifs is 6. The molecule has 0 amide bonds. The predicted octanol–water partition coefficient (Wildman–Crippen LogP) is 7.17. The Morgan fingerprint density at radius 1 is 0.643 bits per heavy atom. The van der Waals surface area contributed by atoms with Crippen LogP contribution in [0.1, 0.15) is 59.2 Å². The molecule has 202 valence electrons. The maximum Gasteiger partial charge on any atom is 0.189 e. The molecule has 4 nitrogen and oxygen atoms in total. The largest absolute Gasteiger partial charge is 0.293 e. The number of hydrogen-bond donors (Lipinski definition) is 0. The summed E-state index contributed by atoms with van der Waals surface area (Å²) < 4.78 is 0. The average molecular weight is 566 g/mol. The second-order valence-electron chi connectivity index (χ2n) is 12.0. The summed E-state index contributed by atoms with van der Waals surface area (Å²) in [5.74, 6) is -1.27. The van der Waals surface area contributed by atoms with Crippen molar-refractivity contribution in [1.82, 2.24) is 4.90 Å². The molecule has 1 fully saturated rings. The molecule has 5 aromatic carbocycles. The van der Waals surface area contributed by atoms with E-state index in [1.54, 1.807) is 24.3 Å². The summed E-state index contributed by atoms with van der Waals surface area (Å²) in [6, 6.07) is 34.3. The van der Waals surface area contributed by atoms with Crippen molar-refractivity contribution in [1.29, 1.82) is 0 Å². The van der Waals surface area contributed by atoms with E-state index in [0.717, 1.165) is 27.5 Å². The van der Waals surface area contributed by atoms with Crippen molar-refractivity contribution >= 4 is 39.7 Å². The molecule has 0 aromatic heterocycles. The Labute approximate surface area is 247 Å². The molecule has 5 heteroatoms. The number of rotatable bonds is 1. The lowest BCUT2D eigenvalue weighted by Gasteiger charge is -2.45. The second-order valence-corrected chi connectivity index (χ2v) is 12.4. The van der Waals surface area contributed by atoms with Gasteiger partial charge in [0.1, 0.15) is 11.0 Å². The zero-order valence-corrected chi connectivity index (χ0v) is 23.3. The van der Waals surface area contributed by atoms with Crippen LogP contribution in [0.3, 0.4) is 0 Å². The highest BCUT2D eigenvalue weighted by Crippen LogP contribution is 2.70. The molecule has 3 atom stereocenters. The van der Waals surface area contributed by atoms with Gasteiger partial charge in [0.05, 0.1) is 0 Å². The van der Waals surface area contributed by atoms with Gasteiger partial charge >= 0.3 is 0 Å². The summed E-state index contributed by atoms with van der Waals surface area (Å²) in [5.41, 5.74) is 2.07. The Kier molecular flexibility index (Phi) is 4.69. The number of halogens is 1. The van der Waals surface area contributed by atoms with Crippen molar-refractivity contribution in [3.63, 3.8) is 0 Å². The van der Waals surface area contributed by atoms with E-state index >= 15 is 14.4 Å². The molecule has 4 aliphatic rings. The van der Waals surface area contributed by atoms with E-state index in [9.17, 15) is 0 Å². The fraction of sp³-hybridized carbons (Fsp3) is 0.162. The van der Waals surface area contributed by atoms with Crippen LogP contribution in [0, 0.1) is 5.41 Å². The maximum absolute atomic E-state index is 15.3. The first-order valence-corrected chi connectivity index (χ1v) is 14.7. The van der Waals surface area contributed by atoms with E-state index in [-0.39, 0.29) is 23.4 Å². The van der Waals surface area contributed by atoms with Crippen molar-refractivity contribution in [2.24, 2.45) is 5.41 Å². The van der Waals surface area contributed by atoms with E-state index < -0.39 is 16.9 Å². The molecule has 0 radical (unpaired) electrons. The molecule has 3 unspecified atom stereocenters. The lowest BCUT2D eigenvalue weighted by atomic mass is 9.56. The highest BCUT2D eigenvalue weighted by Gasteiger charge is 2.81. The maximum atomic E-state index is 15.3. The summed E-state index contributed by atoms with van der Waals surface area (Å²) >= 11 is 6.36. The molecule has 1 saturated heterocycles. The summed E-state index contributed by atoms with van der Waals surface area (Å²) in [6.07, 6.45) is 0.615. The van der Waals surface area contributed by atoms with Crippen LogP contribution in [0.5, 0.6) is 0 Å². The van der Waals surface area contributed by atoms with Gasteiger partial charge in [-0.1, -0.05) is 109 Å². The third-order valence-electron chi connectivity index (χ3n) is 10.4. The Morgan fingerprint density at radius 2 is 1.26 bits per heavy atom. The van der Waals surface area contributed by atoms with Gasteiger partial charge in [0, 0.05) is 40.2 Å². The van der Waals surface area contributed by atoms with Crippen LogP contribution in [0.15, 0.2) is 109 Å². The number of ketones is 3. The van der Waals surface area contributed by atoms with Crippen molar-refractivity contribution in [2.45, 2.75) is 30.5 Å². The van der Waals surface area contributed by atoms with Crippen molar-refractivity contribution in [3.05, 3.63) is 153 Å². The Morgan fingerprint density at radius 3 is 1.98 bits per heavy atom. The van der Waals surface area contributed by atoms with Gasteiger partial charge in [0.25, 0.3) is 0 Å². The van der Waals surface area contributed by atoms with Crippen molar-refractivity contribution in [3.8, 4) is 0 Å². The van der Waals surface area contributed by atoms with Gasteiger partial charge in [-0.2, -0.15) is 0 Å². The molecule has 42 heavy (non-hydrogen) atoms. The van der Waals surface area contributed by atoms with Crippen molar-refractivity contribution in [2.75, 3.05) is 0 Å². The standard InChI is InChI=1S/C37H24ClNO3/c38-25-17-15-22(16-18-25)32-30-19-23-7-1-2-8-24(23)20-39(30)37(36(32)33(40)26-11-3-4-12-27(26)34(36)41)29-14-6-10-21-9-5-13-28(31(21)29)35(37)42/h1-18,30,32H,19-20H2. The highest BCUT2D eigenvalue weighted by atomic mass is 35.5. The lowest BCUT2D eigenvalue weighted by molar-refractivity contribution is 0.0193. The van der Waals surface area contributed by atoms with Gasteiger partial charge in [0.2, 0.25) is 0 Å². The van der Waals surface area contributed by atoms with Crippen LogP contribution in [0.25, 0.3) is 10.8 Å². The minimum absolute atomic E-state index is 0.162. The Hall–Kier alpha value is -4.38. The van der Waals surface area contributed by atoms with Gasteiger partial charge in [-0.05, 0) is 51.6 Å². The van der Waals surface area contributed by atoms with Gasteiger partial charge in [-0.15, -0.1) is 0 Å². The quantitative estimate of drug-likeness (QED) is 0.202. The topological polar surface area (TPSA) is 54.5 Å². The van der Waals surface area contributed by atoms with Crippen LogP contribution >= 0.6 is 11.6 Å². The van der Waals surface area contributed by atoms with Crippen molar-refractivity contribution < 1.29 is 14.4 Å². The van der Waals surface area contributed by atoms with E-state index in [1.807, 2.05) is 72.8 Å². The normalized spacial score (nSPS) is 24.9. The fourth-order valence-electron chi connectivity index (χ4n) is 8.94. The van der Waals surface area contributed by atoms with Gasteiger partial charge in [0.15, 0.2) is 17.3 Å². The zero-order chi connectivity index (χ0) is 28.4. The Balaban J connectivity index is 1.46. The van der Waals surface area contributed by atoms with Gasteiger partial charge in [-0.25, -0.2) is 0 Å². The first-order valence-electron chi connectivity index (χ1n) is 14.3. The summed E-state index contributed by atoms with van der Waals surface area (Å²) in [6.45, 7) is 0.458. The van der Waals surface area contributed by atoms with Crippen LogP contribution in [-0.4, -0.2) is 28.3 Å². The first-order chi connectivity index (χ1) is 20.5. The fourth-order valence-corrected chi connectivity index (χ4v) is 9.06. The monoisotopic (exact) mass is 565 g/mol. The van der Waals surface area contributed by atoms with Gasteiger partial charge in [-0.3, -0.25) is 19.3 Å². The third-order valence-corrected chi connectivity index (χ3v) is 10.6. The number of carbonyl (C=O) groups excluding carboxylic acids is 3. The molecule has 2 aliphatic heterocycles. The first kappa shape index (κ1) is 24.2. The number of benzene rings is 5. The van der Waals surface area contributed by atoms with Crippen LogP contribution in [0.2, 0.25) is 5.02 Å². The highest BCUT2D eigenvalue weighted by molar-refractivity contribution is 6.36. The summed E-state index contributed by atoms with van der Waals surface area (Å²) in [5, 5.41) is 2.35. The van der Waals surface area contributed by atoms with Gasteiger partial charge < -0.3 is 0 Å². The molecule has 5 aromatic rings. The van der Waals surface area contributed by atoms with Crippen LogP contribution in [-0.2, 0) is 18.5 Å². The molecular formula is C37H24ClNO3. The summed E-state index contributed by atoms with van der Waals surface area (Å²) in [7, 11) is 0. The Bertz CT molecular complexity index is 2010. The predicted molar refractivity (Wildman–Crippen MR) is 161 cm³/mol. The smallest absolute Gasteiger partial charge is 0.189 e. The van der Waals surface area contributed by atoms with E-state index in [2.05, 4.69) is 17.0 Å². The molecule has 2 aliphatic carbocycles. The van der Waals surface area contributed by atoms with E-state index in [4.69, 9.17) is 11.6 Å². The molecular weight excluding hydrogens is 542 g/mol. The van der Waals surface area contributed by atoms with Crippen LogP contribution < -0.4 is 0 Å². The van der Waals surface area contributed by atoms with E-state index in [0.29, 0.717) is 34.7 Å². The number of nitrogens with zero attached hydrogens (tertiary/aromatic N) is 1. The van der Waals surface area contributed by atoms with E-state index in [1.165, 1.54) is 5.56 Å². The van der Waals surface area contributed by atoms with Crippen LogP contribution in [0.4, 0.5) is 0 Å². The molecule has 2 heterocycles. The summed E-state index contributed by atoms with van der Waals surface area (Å²) in [4.78, 5) is 48.1.